The van der Waals surface area contributed by atoms with Crippen LogP contribution in [0.25, 0.3) is 0 Å². The summed E-state index contributed by atoms with van der Waals surface area (Å²) in [6.45, 7) is 0. The summed E-state index contributed by atoms with van der Waals surface area (Å²) < 4.78 is 0. The molecular formula is C14H15O4P. The first-order valence-corrected chi connectivity index (χ1v) is 5.18. The highest BCUT2D eigenvalue weighted by atomic mass is 31.0. The van der Waals surface area contributed by atoms with Gasteiger partial charge in [-0.15, -0.1) is 0 Å². The van der Waals surface area contributed by atoms with Crippen LogP contribution in [0.2, 0.25) is 0 Å². The number of hydrogen-bond donors (Lipinski definition) is 2. The fourth-order valence-electron chi connectivity index (χ4n) is 1.16. The van der Waals surface area contributed by atoms with E-state index in [0.717, 1.165) is 0 Å². The molecule has 0 spiro atoms. The molecule has 0 saturated heterocycles. The molecule has 0 amide bonds. The van der Waals surface area contributed by atoms with Crippen LogP contribution in [-0.4, -0.2) is 22.2 Å². The maximum Gasteiger partial charge on any atom is 0.335 e. The van der Waals surface area contributed by atoms with Crippen molar-refractivity contribution < 1.29 is 19.8 Å². The van der Waals surface area contributed by atoms with Crippen molar-refractivity contribution >= 4 is 21.8 Å². The standard InChI is InChI=1S/2C7H6O2.H3P/c2*8-7(9)6-4-2-1-3-5-6;/h2*1-5H,(H,8,9);1H3. The predicted octanol–water partition coefficient (Wildman–Crippen LogP) is 2.83. The smallest absolute Gasteiger partial charge is 0.335 e. The van der Waals surface area contributed by atoms with Crippen LogP contribution in [0.1, 0.15) is 20.7 Å². The summed E-state index contributed by atoms with van der Waals surface area (Å²) in [6.07, 6.45) is 0. The zero-order valence-electron chi connectivity index (χ0n) is 10.2. The van der Waals surface area contributed by atoms with Gasteiger partial charge in [0, 0.05) is 0 Å². The van der Waals surface area contributed by atoms with Crippen molar-refractivity contribution in [3.05, 3.63) is 71.8 Å². The molecule has 0 aromatic heterocycles. The van der Waals surface area contributed by atoms with Crippen LogP contribution in [0, 0.1) is 0 Å². The Labute approximate surface area is 114 Å². The highest BCUT2D eigenvalue weighted by Gasteiger charge is 1.97. The zero-order valence-corrected chi connectivity index (χ0v) is 11.6. The van der Waals surface area contributed by atoms with Gasteiger partial charge in [-0.05, 0) is 24.3 Å². The summed E-state index contributed by atoms with van der Waals surface area (Å²) in [6, 6.07) is 16.6. The van der Waals surface area contributed by atoms with Crippen molar-refractivity contribution in [3.63, 3.8) is 0 Å². The van der Waals surface area contributed by atoms with E-state index in [1.807, 2.05) is 0 Å². The van der Waals surface area contributed by atoms with Gasteiger partial charge in [0.05, 0.1) is 11.1 Å². The van der Waals surface area contributed by atoms with E-state index in [1.54, 1.807) is 60.7 Å². The van der Waals surface area contributed by atoms with Crippen LogP contribution >= 0.6 is 9.90 Å². The van der Waals surface area contributed by atoms with E-state index in [9.17, 15) is 9.59 Å². The Morgan fingerprint density at radius 2 is 0.895 bits per heavy atom. The van der Waals surface area contributed by atoms with Crippen LogP contribution in [0.4, 0.5) is 0 Å². The summed E-state index contributed by atoms with van der Waals surface area (Å²) in [4.78, 5) is 20.4. The molecule has 0 aliphatic rings. The maximum absolute atomic E-state index is 10.2. The van der Waals surface area contributed by atoms with Gasteiger partial charge < -0.3 is 10.2 Å². The van der Waals surface area contributed by atoms with Crippen molar-refractivity contribution in [2.24, 2.45) is 0 Å². The fourth-order valence-corrected chi connectivity index (χ4v) is 1.16. The van der Waals surface area contributed by atoms with E-state index >= 15 is 0 Å². The van der Waals surface area contributed by atoms with E-state index in [-0.39, 0.29) is 9.90 Å². The highest BCUT2D eigenvalue weighted by molar-refractivity contribution is 6.92. The van der Waals surface area contributed by atoms with Gasteiger partial charge in [-0.3, -0.25) is 0 Å². The Morgan fingerprint density at radius 1 is 0.632 bits per heavy atom. The van der Waals surface area contributed by atoms with Crippen LogP contribution in [0.15, 0.2) is 60.7 Å². The van der Waals surface area contributed by atoms with E-state index in [2.05, 4.69) is 0 Å². The molecule has 1 unspecified atom stereocenters. The second-order valence-electron chi connectivity index (χ2n) is 3.34. The largest absolute Gasteiger partial charge is 0.478 e. The van der Waals surface area contributed by atoms with Crippen molar-refractivity contribution in [1.29, 1.82) is 0 Å². The number of hydrogen-bond acceptors (Lipinski definition) is 2. The van der Waals surface area contributed by atoms with Crippen LogP contribution in [0.5, 0.6) is 0 Å². The summed E-state index contributed by atoms with van der Waals surface area (Å²) in [5.41, 5.74) is 0.662. The number of rotatable bonds is 2. The van der Waals surface area contributed by atoms with E-state index in [4.69, 9.17) is 10.2 Å². The first kappa shape index (κ1) is 16.8. The van der Waals surface area contributed by atoms with Crippen LogP contribution in [-0.2, 0) is 0 Å². The normalized spacial score (nSPS) is 8.42. The molecule has 0 saturated carbocycles. The Hall–Kier alpha value is -2.19. The van der Waals surface area contributed by atoms with E-state index in [0.29, 0.717) is 11.1 Å². The van der Waals surface area contributed by atoms with Crippen molar-refractivity contribution in [2.45, 2.75) is 0 Å². The fraction of sp³-hybridized carbons (Fsp3) is 0. The number of carboxylic acid groups (broad SMARTS) is 2. The molecule has 100 valence electrons. The first-order chi connectivity index (χ1) is 8.61. The Balaban J connectivity index is 0.000000324. The van der Waals surface area contributed by atoms with Crippen molar-refractivity contribution in [1.82, 2.24) is 0 Å². The summed E-state index contributed by atoms with van der Waals surface area (Å²) in [5, 5.41) is 16.8. The molecule has 4 nitrogen and oxygen atoms in total. The monoisotopic (exact) mass is 278 g/mol. The molecule has 2 rings (SSSR count). The minimum absolute atomic E-state index is 0. The van der Waals surface area contributed by atoms with Gasteiger partial charge in [-0.1, -0.05) is 36.4 Å². The van der Waals surface area contributed by atoms with E-state index < -0.39 is 11.9 Å². The average Bonchev–Trinajstić information content (AvgIpc) is 2.41. The maximum atomic E-state index is 10.2. The predicted molar refractivity (Wildman–Crippen MR) is 77.9 cm³/mol. The minimum atomic E-state index is -0.879. The zero-order chi connectivity index (χ0) is 13.4. The summed E-state index contributed by atoms with van der Waals surface area (Å²) >= 11 is 0. The molecule has 2 aromatic carbocycles. The molecular weight excluding hydrogens is 263 g/mol. The molecule has 5 heteroatoms. The summed E-state index contributed by atoms with van der Waals surface area (Å²) in [5.74, 6) is -1.76. The lowest BCUT2D eigenvalue weighted by Crippen LogP contribution is -1.93. The molecule has 19 heavy (non-hydrogen) atoms. The lowest BCUT2D eigenvalue weighted by molar-refractivity contribution is 0.0686. The quantitative estimate of drug-likeness (QED) is 0.828. The minimum Gasteiger partial charge on any atom is -0.478 e. The summed E-state index contributed by atoms with van der Waals surface area (Å²) in [7, 11) is 0. The van der Waals surface area contributed by atoms with Crippen molar-refractivity contribution in [3.8, 4) is 0 Å². The van der Waals surface area contributed by atoms with Gasteiger partial charge in [0.1, 0.15) is 0 Å². The lowest BCUT2D eigenvalue weighted by Gasteiger charge is -1.88. The third-order valence-electron chi connectivity index (χ3n) is 2.04. The van der Waals surface area contributed by atoms with E-state index in [1.165, 1.54) is 0 Å². The highest BCUT2D eigenvalue weighted by Crippen LogP contribution is 1.96. The first-order valence-electron chi connectivity index (χ1n) is 5.18. The Morgan fingerprint density at radius 3 is 1.05 bits per heavy atom. The number of benzene rings is 2. The lowest BCUT2D eigenvalue weighted by atomic mass is 10.2. The van der Waals surface area contributed by atoms with Gasteiger partial charge in [-0.25, -0.2) is 9.59 Å². The number of aromatic carboxylic acids is 2. The molecule has 0 radical (unpaired) electrons. The van der Waals surface area contributed by atoms with Gasteiger partial charge >= 0.3 is 11.9 Å². The molecule has 0 fully saturated rings. The molecule has 1 atom stereocenters. The molecule has 0 bridgehead atoms. The van der Waals surface area contributed by atoms with Crippen LogP contribution in [0.3, 0.4) is 0 Å². The second-order valence-corrected chi connectivity index (χ2v) is 3.34. The Bertz CT molecular complexity index is 462. The van der Waals surface area contributed by atoms with Crippen molar-refractivity contribution in [2.75, 3.05) is 0 Å². The third kappa shape index (κ3) is 6.34. The van der Waals surface area contributed by atoms with Crippen LogP contribution < -0.4 is 0 Å². The third-order valence-corrected chi connectivity index (χ3v) is 2.04. The van der Waals surface area contributed by atoms with Gasteiger partial charge in [-0.2, -0.15) is 9.90 Å². The molecule has 2 N–H and O–H groups in total. The SMILES string of the molecule is O=C(O)c1ccccc1.O=C(O)c1ccccc1.P. The average molecular weight is 278 g/mol. The van der Waals surface area contributed by atoms with Gasteiger partial charge in [0.2, 0.25) is 0 Å². The van der Waals surface area contributed by atoms with Gasteiger partial charge in [0.15, 0.2) is 0 Å². The topological polar surface area (TPSA) is 74.6 Å². The molecule has 0 aliphatic carbocycles. The molecule has 0 heterocycles. The molecule has 0 aliphatic heterocycles. The second kappa shape index (κ2) is 8.84. The Kier molecular flexibility index (Phi) is 7.82. The molecule has 2 aromatic rings. The number of carboxylic acids is 2. The number of carbonyl (C=O) groups is 2. The van der Waals surface area contributed by atoms with Gasteiger partial charge in [0.25, 0.3) is 0 Å².